The lowest BCUT2D eigenvalue weighted by Crippen LogP contribution is -2.50. The van der Waals surface area contributed by atoms with E-state index in [1.165, 1.54) is 38.3 Å². The molecule has 1 fully saturated rings. The topological polar surface area (TPSA) is 20.2 Å². The predicted octanol–water partition coefficient (Wildman–Crippen LogP) is 7.49. The molecular weight excluding hydrogens is 520 g/mol. The van der Waals surface area contributed by atoms with E-state index in [2.05, 4.69) is 152 Å². The summed E-state index contributed by atoms with van der Waals surface area (Å²) in [5, 5.41) is 15.8. The minimum absolute atomic E-state index is 0.0290. The summed E-state index contributed by atoms with van der Waals surface area (Å²) in [5.74, 6) is 0.394. The fourth-order valence-electron chi connectivity index (χ4n) is 9.03. The van der Waals surface area contributed by atoms with Crippen molar-refractivity contribution in [3.05, 3.63) is 179 Å². The van der Waals surface area contributed by atoms with Gasteiger partial charge < -0.3 is 5.11 Å². The van der Waals surface area contributed by atoms with Crippen molar-refractivity contribution in [1.29, 1.82) is 0 Å². The van der Waals surface area contributed by atoms with Crippen molar-refractivity contribution in [3.8, 4) is 11.1 Å². The minimum atomic E-state index is -1.10. The van der Waals surface area contributed by atoms with Crippen LogP contribution >= 0.6 is 0 Å². The van der Waals surface area contributed by atoms with Gasteiger partial charge in [0.1, 0.15) is 5.60 Å². The molecule has 5 atom stereocenters. The van der Waals surface area contributed by atoms with Gasteiger partial charge in [0.15, 0.2) is 0 Å². The van der Waals surface area contributed by atoms with E-state index in [-0.39, 0.29) is 29.1 Å². The molecule has 0 spiro atoms. The van der Waals surface area contributed by atoms with Gasteiger partial charge in [-0.25, -0.2) is 0 Å². The van der Waals surface area contributed by atoms with Gasteiger partial charge >= 0.3 is 0 Å². The molecule has 5 aliphatic carbocycles. The van der Waals surface area contributed by atoms with Crippen molar-refractivity contribution >= 4 is 11.1 Å². The fraction of sp³-hybridized carbons (Fsp3) is 0.190. The van der Waals surface area contributed by atoms with E-state index in [9.17, 15) is 5.11 Å². The summed E-state index contributed by atoms with van der Waals surface area (Å²) >= 11 is 0. The van der Waals surface area contributed by atoms with Gasteiger partial charge in [-0.05, 0) is 62.2 Å². The Morgan fingerprint density at radius 3 is 1.81 bits per heavy atom. The summed E-state index contributed by atoms with van der Waals surface area (Å²) in [7, 11) is 0. The van der Waals surface area contributed by atoms with Crippen molar-refractivity contribution in [3.63, 3.8) is 0 Å². The van der Waals surface area contributed by atoms with E-state index in [4.69, 9.17) is 0 Å². The summed E-state index contributed by atoms with van der Waals surface area (Å²) in [5.41, 5.74) is 7.90. The Kier molecular flexibility index (Phi) is 5.40. The lowest BCUT2D eigenvalue weighted by molar-refractivity contribution is 0.0557. The van der Waals surface area contributed by atoms with Gasteiger partial charge in [-0.15, -0.1) is 0 Å². The van der Waals surface area contributed by atoms with Gasteiger partial charge in [-0.3, -0.25) is 0 Å². The first-order chi connectivity index (χ1) is 21.2. The second kappa shape index (κ2) is 9.27. The number of aliphatic hydroxyl groups is 1. The molecule has 5 aliphatic rings. The molecule has 0 aliphatic heterocycles. The normalized spacial score (nSPS) is 28.7. The molecule has 1 nitrogen and oxygen atoms in total. The molecule has 4 aromatic rings. The van der Waals surface area contributed by atoms with Crippen LogP contribution in [-0.2, 0) is 11.0 Å². The molecule has 9 rings (SSSR count). The van der Waals surface area contributed by atoms with Crippen molar-refractivity contribution in [2.45, 2.75) is 29.8 Å². The Labute approximate surface area is 253 Å². The standard InChI is InChI=1S/C42H34O/c43-42(37-24-12-9-17-30(37)31-18-10-13-25-38(31)42)40-34-21-6-4-19-32(34)39(33-20-5-7-22-35(33)40)41(26-27-41)36-23-11-8-16-29(36)28-14-2-1-3-15-28/h1-25,30,32,34,37,43H,26-27H2. The van der Waals surface area contributed by atoms with Crippen LogP contribution in [0.5, 0.6) is 0 Å². The number of rotatable bonds is 4. The highest BCUT2D eigenvalue weighted by molar-refractivity contribution is 5.82. The highest BCUT2D eigenvalue weighted by atomic mass is 16.3. The van der Waals surface area contributed by atoms with Crippen molar-refractivity contribution in [2.24, 2.45) is 17.8 Å². The molecule has 1 saturated carbocycles. The van der Waals surface area contributed by atoms with Crippen molar-refractivity contribution in [1.82, 2.24) is 0 Å². The number of benzene rings is 4. The van der Waals surface area contributed by atoms with Crippen LogP contribution in [-0.4, -0.2) is 5.11 Å². The Balaban J connectivity index is 1.36. The summed E-state index contributed by atoms with van der Waals surface area (Å²) < 4.78 is 0. The van der Waals surface area contributed by atoms with Crippen LogP contribution in [0.25, 0.3) is 22.3 Å². The van der Waals surface area contributed by atoms with Crippen LogP contribution in [0.15, 0.2) is 152 Å². The molecule has 1 N–H and O–H groups in total. The Bertz CT molecular complexity index is 2020. The van der Waals surface area contributed by atoms with Crippen LogP contribution in [0.4, 0.5) is 0 Å². The lowest BCUT2D eigenvalue weighted by atomic mass is 9.61. The largest absolute Gasteiger partial charge is 0.380 e. The average Bonchev–Trinajstić information content (AvgIpc) is 3.84. The van der Waals surface area contributed by atoms with Gasteiger partial charge in [0.25, 0.3) is 0 Å². The first kappa shape index (κ1) is 25.1. The first-order valence-electron chi connectivity index (χ1n) is 15.7. The number of fused-ring (bicyclic) bond motifs is 5. The van der Waals surface area contributed by atoms with Gasteiger partial charge in [0.05, 0.1) is 0 Å². The maximum atomic E-state index is 13.3. The average molecular weight is 555 g/mol. The Hall–Kier alpha value is -4.46. The fourth-order valence-corrected chi connectivity index (χ4v) is 9.03. The summed E-state index contributed by atoms with van der Waals surface area (Å²) in [4.78, 5) is 0. The number of allylic oxidation sites excluding steroid dienone is 7. The van der Waals surface area contributed by atoms with E-state index < -0.39 is 5.60 Å². The Morgan fingerprint density at radius 1 is 0.512 bits per heavy atom. The van der Waals surface area contributed by atoms with E-state index in [1.54, 1.807) is 0 Å². The molecule has 0 amide bonds. The predicted molar refractivity (Wildman–Crippen MR) is 175 cm³/mol. The van der Waals surface area contributed by atoms with E-state index >= 15 is 0 Å². The molecule has 208 valence electrons. The highest BCUT2D eigenvalue weighted by Crippen LogP contribution is 2.63. The van der Waals surface area contributed by atoms with Gasteiger partial charge in [-0.1, -0.05) is 152 Å². The third kappa shape index (κ3) is 3.43. The third-order valence-corrected chi connectivity index (χ3v) is 10.9. The number of hydrogen-bond acceptors (Lipinski definition) is 1. The van der Waals surface area contributed by atoms with Gasteiger partial charge in [0, 0.05) is 29.1 Å². The first-order valence-corrected chi connectivity index (χ1v) is 15.7. The monoisotopic (exact) mass is 554 g/mol. The zero-order valence-electron chi connectivity index (χ0n) is 24.1. The molecule has 0 bridgehead atoms. The molecule has 1 heteroatoms. The second-order valence-electron chi connectivity index (χ2n) is 12.9. The van der Waals surface area contributed by atoms with Gasteiger partial charge in [0.2, 0.25) is 0 Å². The summed E-state index contributed by atoms with van der Waals surface area (Å²) in [6.45, 7) is 0. The van der Waals surface area contributed by atoms with E-state index in [0.717, 1.165) is 24.0 Å². The quantitative estimate of drug-likeness (QED) is 0.277. The second-order valence-corrected chi connectivity index (χ2v) is 12.9. The maximum absolute atomic E-state index is 13.3. The van der Waals surface area contributed by atoms with Crippen LogP contribution < -0.4 is 10.4 Å². The maximum Gasteiger partial charge on any atom is 0.120 e. The third-order valence-electron chi connectivity index (χ3n) is 10.9. The molecule has 4 aromatic carbocycles. The zero-order valence-corrected chi connectivity index (χ0v) is 24.1. The molecule has 43 heavy (non-hydrogen) atoms. The van der Waals surface area contributed by atoms with E-state index in [1.807, 2.05) is 0 Å². The molecule has 5 unspecified atom stereocenters. The summed E-state index contributed by atoms with van der Waals surface area (Å²) in [6.07, 6.45) is 20.3. The molecule has 0 heterocycles. The molecule has 0 radical (unpaired) electrons. The van der Waals surface area contributed by atoms with Crippen LogP contribution in [0.2, 0.25) is 0 Å². The Morgan fingerprint density at radius 2 is 1.07 bits per heavy atom. The van der Waals surface area contributed by atoms with E-state index in [0.29, 0.717) is 0 Å². The number of hydrogen-bond donors (Lipinski definition) is 1. The van der Waals surface area contributed by atoms with Crippen LogP contribution in [0, 0.1) is 17.8 Å². The van der Waals surface area contributed by atoms with Gasteiger partial charge in [-0.2, -0.15) is 0 Å². The molecule has 0 saturated heterocycles. The molecular formula is C42H34O. The lowest BCUT2D eigenvalue weighted by Gasteiger charge is -2.44. The highest BCUT2D eigenvalue weighted by Gasteiger charge is 2.58. The summed E-state index contributed by atoms with van der Waals surface area (Å²) in [6, 6.07) is 37.5. The zero-order chi connectivity index (χ0) is 28.6. The smallest absolute Gasteiger partial charge is 0.120 e. The van der Waals surface area contributed by atoms with Crippen LogP contribution in [0.3, 0.4) is 0 Å². The van der Waals surface area contributed by atoms with Crippen molar-refractivity contribution < 1.29 is 5.11 Å². The van der Waals surface area contributed by atoms with Crippen molar-refractivity contribution in [2.75, 3.05) is 0 Å². The minimum Gasteiger partial charge on any atom is -0.380 e. The molecule has 0 aromatic heterocycles. The van der Waals surface area contributed by atoms with Crippen LogP contribution in [0.1, 0.15) is 35.4 Å². The SMILES string of the molecule is OC1(C2=c3ccccc3=C(C3(c4ccccc4-c4ccccc4)CC3)C3C=CC=CC23)c2ccccc2C2C=CC=CC21.